The topological polar surface area (TPSA) is 141 Å². The van der Waals surface area contributed by atoms with Crippen LogP contribution in [0, 0.1) is 27.4 Å². The minimum absolute atomic E-state index is 0.0109. The van der Waals surface area contributed by atoms with Crippen LogP contribution in [0.4, 0.5) is 5.69 Å². The number of hydrogen-bond donors (Lipinski definition) is 0. The van der Waals surface area contributed by atoms with E-state index in [0.29, 0.717) is 5.75 Å². The number of nitrogens with zero attached hydrogens (tertiary/aromatic N) is 3. The molecule has 0 saturated carbocycles. The molecule has 0 fully saturated rings. The van der Waals surface area contributed by atoms with Crippen molar-refractivity contribution in [2.24, 2.45) is 10.9 Å². The molecule has 0 N–H and O–H groups in total. The fourth-order valence-electron chi connectivity index (χ4n) is 3.85. The first-order valence-electron chi connectivity index (χ1n) is 10.8. The standard InChI is InChI=1S/C25H23N3O7/c1-3-33-25(30)23-19(15-26)27-16(2)21(22(23)18-11-7-8-12-20(18)28(31)32)24(29)35-14-13-34-17-9-5-4-6-10-17/h4-12,22-23H,3,13-14H2,1-2H3. The molecule has 0 amide bonds. The number of ether oxygens (including phenoxy) is 3. The molecule has 0 radical (unpaired) electrons. The average molecular weight is 477 g/mol. The lowest BCUT2D eigenvalue weighted by Crippen LogP contribution is -2.37. The molecule has 2 aromatic rings. The Morgan fingerprint density at radius 3 is 2.43 bits per heavy atom. The van der Waals surface area contributed by atoms with Crippen LogP contribution in [0.25, 0.3) is 0 Å². The molecule has 2 aromatic carbocycles. The van der Waals surface area contributed by atoms with Gasteiger partial charge in [-0.25, -0.2) is 9.79 Å². The van der Waals surface area contributed by atoms with E-state index in [0.717, 1.165) is 0 Å². The molecule has 10 heteroatoms. The first-order chi connectivity index (χ1) is 16.9. The third-order valence-corrected chi connectivity index (χ3v) is 5.29. The summed E-state index contributed by atoms with van der Waals surface area (Å²) in [5.74, 6) is -3.60. The van der Waals surface area contributed by atoms with Crippen molar-refractivity contribution in [3.05, 3.63) is 81.5 Å². The molecule has 10 nitrogen and oxygen atoms in total. The Balaban J connectivity index is 1.98. The van der Waals surface area contributed by atoms with Crippen LogP contribution >= 0.6 is 0 Å². The van der Waals surface area contributed by atoms with Crippen LogP contribution in [0.2, 0.25) is 0 Å². The molecule has 0 aromatic heterocycles. The first kappa shape index (κ1) is 25.1. The largest absolute Gasteiger partial charge is 0.490 e. The van der Waals surface area contributed by atoms with Gasteiger partial charge in [-0.3, -0.25) is 14.9 Å². The van der Waals surface area contributed by atoms with E-state index in [1.165, 1.54) is 25.1 Å². The van der Waals surface area contributed by atoms with Crippen LogP contribution in [0.15, 0.2) is 70.9 Å². The Bertz CT molecular complexity index is 1220. The van der Waals surface area contributed by atoms with E-state index < -0.39 is 28.7 Å². The number of para-hydroxylation sites is 2. The van der Waals surface area contributed by atoms with E-state index >= 15 is 0 Å². The Hall–Kier alpha value is -4.52. The van der Waals surface area contributed by atoms with Crippen molar-refractivity contribution in [3.63, 3.8) is 0 Å². The fraction of sp³-hybridized carbons (Fsp3) is 0.280. The van der Waals surface area contributed by atoms with Gasteiger partial charge in [0.15, 0.2) is 0 Å². The summed E-state index contributed by atoms with van der Waals surface area (Å²) in [6.07, 6.45) is 0. The molecule has 0 spiro atoms. The van der Waals surface area contributed by atoms with Gasteiger partial charge in [-0.2, -0.15) is 5.26 Å². The lowest BCUT2D eigenvalue weighted by Gasteiger charge is -2.30. The highest BCUT2D eigenvalue weighted by Gasteiger charge is 2.46. The van der Waals surface area contributed by atoms with E-state index in [1.807, 2.05) is 12.1 Å². The van der Waals surface area contributed by atoms with Crippen molar-refractivity contribution < 1.29 is 28.7 Å². The molecule has 0 bridgehead atoms. The summed E-state index contributed by atoms with van der Waals surface area (Å²) >= 11 is 0. The molecule has 1 heterocycles. The maximum atomic E-state index is 13.2. The second-order valence-corrected chi connectivity index (χ2v) is 7.43. The number of carbonyl (C=O) groups is 2. The Labute approximate surface area is 201 Å². The summed E-state index contributed by atoms with van der Waals surface area (Å²) in [6.45, 7) is 3.03. The highest BCUT2D eigenvalue weighted by atomic mass is 16.6. The SMILES string of the molecule is CCOC(=O)C1C(C#N)=NC(C)=C(C(=O)OCCOc2ccccc2)C1c1ccccc1[N+](=O)[O-]. The summed E-state index contributed by atoms with van der Waals surface area (Å²) in [5.41, 5.74) is -0.370. The van der Waals surface area contributed by atoms with Gasteiger partial charge in [0, 0.05) is 23.2 Å². The zero-order chi connectivity index (χ0) is 25.4. The van der Waals surface area contributed by atoms with E-state index in [1.54, 1.807) is 37.3 Å². The first-order valence-corrected chi connectivity index (χ1v) is 10.8. The molecule has 180 valence electrons. The third-order valence-electron chi connectivity index (χ3n) is 5.29. The van der Waals surface area contributed by atoms with Crippen molar-refractivity contribution >= 4 is 23.3 Å². The van der Waals surface area contributed by atoms with E-state index in [2.05, 4.69) is 4.99 Å². The van der Waals surface area contributed by atoms with Gasteiger partial charge in [0.25, 0.3) is 5.69 Å². The molecular formula is C25H23N3O7. The molecule has 1 aliphatic rings. The van der Waals surface area contributed by atoms with Crippen LogP contribution < -0.4 is 4.74 Å². The molecule has 3 rings (SSSR count). The Morgan fingerprint density at radius 2 is 1.77 bits per heavy atom. The van der Waals surface area contributed by atoms with Crippen molar-refractivity contribution in [1.82, 2.24) is 0 Å². The third kappa shape index (κ3) is 5.70. The molecule has 0 aliphatic carbocycles. The van der Waals surface area contributed by atoms with Gasteiger partial charge in [0.05, 0.1) is 17.1 Å². The number of nitriles is 1. The summed E-state index contributed by atoms with van der Waals surface area (Å²) in [7, 11) is 0. The normalized spacial score (nSPS) is 17.1. The predicted octanol–water partition coefficient (Wildman–Crippen LogP) is 3.73. The molecule has 1 aliphatic heterocycles. The van der Waals surface area contributed by atoms with Gasteiger partial charge < -0.3 is 14.2 Å². The summed E-state index contributed by atoms with van der Waals surface area (Å²) in [4.78, 5) is 41.4. The molecule has 2 unspecified atom stereocenters. The van der Waals surface area contributed by atoms with E-state index in [-0.39, 0.29) is 48.1 Å². The molecule has 0 saturated heterocycles. The Kier molecular flexibility index (Phi) is 8.29. The summed E-state index contributed by atoms with van der Waals surface area (Å²) < 4.78 is 16.1. The number of carbonyl (C=O) groups excluding carboxylic acids is 2. The molecule has 2 atom stereocenters. The van der Waals surface area contributed by atoms with Crippen LogP contribution in [0.3, 0.4) is 0 Å². The Morgan fingerprint density at radius 1 is 1.09 bits per heavy atom. The van der Waals surface area contributed by atoms with Crippen LogP contribution in [0.5, 0.6) is 5.75 Å². The van der Waals surface area contributed by atoms with E-state index in [4.69, 9.17) is 14.2 Å². The van der Waals surface area contributed by atoms with Gasteiger partial charge in [-0.1, -0.05) is 36.4 Å². The number of benzene rings is 2. The number of nitro groups is 1. The van der Waals surface area contributed by atoms with Crippen molar-refractivity contribution in [2.75, 3.05) is 19.8 Å². The number of allylic oxidation sites excluding steroid dienone is 1. The number of esters is 2. The smallest absolute Gasteiger partial charge is 0.336 e. The molecular weight excluding hydrogens is 454 g/mol. The van der Waals surface area contributed by atoms with Gasteiger partial charge in [0.2, 0.25) is 0 Å². The number of hydrogen-bond acceptors (Lipinski definition) is 9. The van der Waals surface area contributed by atoms with Gasteiger partial charge in [-0.15, -0.1) is 0 Å². The summed E-state index contributed by atoms with van der Waals surface area (Å²) in [5, 5.41) is 21.4. The van der Waals surface area contributed by atoms with Crippen LogP contribution in [-0.4, -0.2) is 42.4 Å². The van der Waals surface area contributed by atoms with Crippen molar-refractivity contribution in [3.8, 4) is 11.8 Å². The monoisotopic (exact) mass is 477 g/mol. The minimum Gasteiger partial charge on any atom is -0.490 e. The highest BCUT2D eigenvalue weighted by molar-refractivity contribution is 6.14. The van der Waals surface area contributed by atoms with Gasteiger partial charge >= 0.3 is 11.9 Å². The lowest BCUT2D eigenvalue weighted by atomic mass is 9.75. The fourth-order valence-corrected chi connectivity index (χ4v) is 3.85. The van der Waals surface area contributed by atoms with Crippen LogP contribution in [0.1, 0.15) is 25.3 Å². The van der Waals surface area contributed by atoms with Crippen LogP contribution in [-0.2, 0) is 19.1 Å². The highest BCUT2D eigenvalue weighted by Crippen LogP contribution is 2.43. The zero-order valence-corrected chi connectivity index (χ0v) is 19.2. The zero-order valence-electron chi connectivity index (χ0n) is 19.2. The number of nitro benzene ring substituents is 1. The maximum Gasteiger partial charge on any atom is 0.336 e. The van der Waals surface area contributed by atoms with E-state index in [9.17, 15) is 25.0 Å². The number of aliphatic imine (C=N–C) groups is 1. The van der Waals surface area contributed by atoms with Crippen molar-refractivity contribution in [1.29, 1.82) is 5.26 Å². The lowest BCUT2D eigenvalue weighted by molar-refractivity contribution is -0.385. The quantitative estimate of drug-likeness (QED) is 0.230. The maximum absolute atomic E-state index is 13.2. The van der Waals surface area contributed by atoms with Gasteiger partial charge in [0.1, 0.15) is 36.7 Å². The minimum atomic E-state index is -1.35. The molecule has 35 heavy (non-hydrogen) atoms. The number of rotatable bonds is 9. The van der Waals surface area contributed by atoms with Crippen molar-refractivity contribution in [2.45, 2.75) is 19.8 Å². The second-order valence-electron chi connectivity index (χ2n) is 7.43. The summed E-state index contributed by atoms with van der Waals surface area (Å²) in [6, 6.07) is 16.5. The second kappa shape index (κ2) is 11.6. The van der Waals surface area contributed by atoms with Gasteiger partial charge in [-0.05, 0) is 26.0 Å². The predicted molar refractivity (Wildman–Crippen MR) is 125 cm³/mol. The average Bonchev–Trinajstić information content (AvgIpc) is 2.86.